The van der Waals surface area contributed by atoms with Gasteiger partial charge in [-0.3, -0.25) is 23.4 Å². The molecule has 0 saturated carbocycles. The van der Waals surface area contributed by atoms with E-state index < -0.39 is 57.8 Å². The first-order valence-electron chi connectivity index (χ1n) is 30.8. The summed E-state index contributed by atoms with van der Waals surface area (Å²) in [5.74, 6) is -1.59. The van der Waals surface area contributed by atoms with Gasteiger partial charge in [0.2, 0.25) is 0 Å². The molecule has 0 heterocycles. The zero-order valence-corrected chi connectivity index (χ0v) is 50.2. The highest BCUT2D eigenvalue weighted by Crippen LogP contribution is 2.43. The summed E-state index contributed by atoms with van der Waals surface area (Å²) < 4.78 is 39.5. The number of carbonyl (C=O) groups excluding carboxylic acids is 3. The molecule has 0 aliphatic rings. The van der Waals surface area contributed by atoms with Crippen LogP contribution >= 0.6 is 7.82 Å². The lowest BCUT2D eigenvalue weighted by atomic mass is 10.1. The van der Waals surface area contributed by atoms with E-state index in [9.17, 15) is 28.9 Å². The Morgan fingerprint density at radius 2 is 0.718 bits per heavy atom. The highest BCUT2D eigenvalue weighted by atomic mass is 31.2. The highest BCUT2D eigenvalue weighted by Gasteiger charge is 2.28. The van der Waals surface area contributed by atoms with E-state index in [1.54, 1.807) is 0 Å². The SMILES string of the molecule is CC/C=C\C/C=C\C/C=C\C/C=C\C/C=C\C/C=C\CCC(=O)OCC(COP(=O)(O)OCC(CO)OC(=O)CCCCCCC/C=C\C/C=C\CCC)OC(=O)CCCCCCCCCCC/C=C\CCCCCCCC. The Morgan fingerprint density at radius 3 is 1.14 bits per heavy atom. The number of hydrogen-bond acceptors (Lipinski definition) is 10. The Balaban J connectivity index is 4.83. The molecule has 0 aromatic heterocycles. The average molecular weight is 1110 g/mol. The predicted octanol–water partition coefficient (Wildman–Crippen LogP) is 18.6. The first-order valence-corrected chi connectivity index (χ1v) is 32.3. The zero-order valence-electron chi connectivity index (χ0n) is 49.3. The third-order valence-electron chi connectivity index (χ3n) is 12.6. The van der Waals surface area contributed by atoms with Gasteiger partial charge in [0.05, 0.1) is 19.8 Å². The fourth-order valence-corrected chi connectivity index (χ4v) is 8.79. The van der Waals surface area contributed by atoms with Gasteiger partial charge in [-0.05, 0) is 109 Å². The van der Waals surface area contributed by atoms with Crippen molar-refractivity contribution in [1.29, 1.82) is 0 Å². The van der Waals surface area contributed by atoms with Crippen molar-refractivity contribution < 1.29 is 52.2 Å². The second kappa shape index (κ2) is 59.3. The van der Waals surface area contributed by atoms with Crippen LogP contribution in [0.5, 0.6) is 0 Å². The first-order chi connectivity index (χ1) is 38.2. The van der Waals surface area contributed by atoms with Crippen LogP contribution in [-0.2, 0) is 42.2 Å². The number of carbonyl (C=O) groups is 3. The van der Waals surface area contributed by atoms with Gasteiger partial charge in [0.1, 0.15) is 12.7 Å². The molecule has 78 heavy (non-hydrogen) atoms. The number of ether oxygens (including phenoxy) is 3. The van der Waals surface area contributed by atoms with Gasteiger partial charge in [-0.1, -0.05) is 233 Å². The lowest BCUT2D eigenvalue weighted by Gasteiger charge is -2.21. The number of hydrogen-bond donors (Lipinski definition) is 2. The number of phosphoric acid groups is 1. The van der Waals surface area contributed by atoms with E-state index >= 15 is 0 Å². The number of phosphoric ester groups is 1. The van der Waals surface area contributed by atoms with Crippen molar-refractivity contribution in [3.05, 3.63) is 109 Å². The first kappa shape index (κ1) is 74.1. The molecule has 12 heteroatoms. The fraction of sp³-hybridized carbons (Fsp3) is 0.682. The third-order valence-corrected chi connectivity index (χ3v) is 13.6. The minimum Gasteiger partial charge on any atom is -0.462 e. The summed E-state index contributed by atoms with van der Waals surface area (Å²) >= 11 is 0. The van der Waals surface area contributed by atoms with Crippen LogP contribution < -0.4 is 0 Å². The quantitative estimate of drug-likeness (QED) is 0.0197. The molecule has 3 atom stereocenters. The summed E-state index contributed by atoms with van der Waals surface area (Å²) in [4.78, 5) is 48.6. The van der Waals surface area contributed by atoms with E-state index in [0.29, 0.717) is 19.3 Å². The van der Waals surface area contributed by atoms with Gasteiger partial charge in [0, 0.05) is 19.3 Å². The van der Waals surface area contributed by atoms with Gasteiger partial charge in [0.25, 0.3) is 0 Å². The average Bonchev–Trinajstić information content (AvgIpc) is 3.43. The lowest BCUT2D eigenvalue weighted by Crippen LogP contribution is -2.30. The molecular formula is C66H111O11P. The number of esters is 3. The molecule has 11 nitrogen and oxygen atoms in total. The van der Waals surface area contributed by atoms with Gasteiger partial charge in [-0.25, -0.2) is 4.57 Å². The molecule has 0 fully saturated rings. The molecule has 0 saturated heterocycles. The van der Waals surface area contributed by atoms with Gasteiger partial charge < -0.3 is 24.2 Å². The summed E-state index contributed by atoms with van der Waals surface area (Å²) in [6, 6.07) is 0. The smallest absolute Gasteiger partial charge is 0.462 e. The fourth-order valence-electron chi connectivity index (χ4n) is 8.00. The Hall–Kier alpha value is -3.86. The van der Waals surface area contributed by atoms with E-state index in [2.05, 4.69) is 118 Å². The lowest BCUT2D eigenvalue weighted by molar-refractivity contribution is -0.161. The van der Waals surface area contributed by atoms with Crippen LogP contribution in [0.2, 0.25) is 0 Å². The molecular weight excluding hydrogens is 1000 g/mol. The predicted molar refractivity (Wildman–Crippen MR) is 325 cm³/mol. The molecule has 0 radical (unpaired) electrons. The molecule has 3 unspecified atom stereocenters. The van der Waals surface area contributed by atoms with E-state index in [1.807, 2.05) is 12.2 Å². The van der Waals surface area contributed by atoms with Crippen molar-refractivity contribution in [2.45, 2.75) is 264 Å². The summed E-state index contributed by atoms with van der Waals surface area (Å²) in [5.41, 5.74) is 0. The molecule has 0 amide bonds. The molecule has 0 rings (SSSR count). The normalized spacial score (nSPS) is 14.1. The molecule has 0 aliphatic heterocycles. The molecule has 0 spiro atoms. The third kappa shape index (κ3) is 56.8. The van der Waals surface area contributed by atoms with Crippen LogP contribution in [0.4, 0.5) is 0 Å². The molecule has 0 aromatic rings. The van der Waals surface area contributed by atoms with E-state index in [4.69, 9.17) is 23.3 Å². The summed E-state index contributed by atoms with van der Waals surface area (Å²) in [6.45, 7) is 4.37. The van der Waals surface area contributed by atoms with Crippen molar-refractivity contribution >= 4 is 25.7 Å². The second-order valence-electron chi connectivity index (χ2n) is 20.1. The molecule has 0 aliphatic carbocycles. The number of unbranched alkanes of at least 4 members (excludes halogenated alkanes) is 21. The summed E-state index contributed by atoms with van der Waals surface area (Å²) in [6.07, 6.45) is 72.0. The number of aliphatic hydroxyl groups excluding tert-OH is 1. The summed E-state index contributed by atoms with van der Waals surface area (Å²) in [7, 11) is -4.78. The van der Waals surface area contributed by atoms with Crippen molar-refractivity contribution in [2.24, 2.45) is 0 Å². The van der Waals surface area contributed by atoms with Crippen LogP contribution in [0, 0.1) is 0 Å². The van der Waals surface area contributed by atoms with Crippen molar-refractivity contribution in [2.75, 3.05) is 26.4 Å². The van der Waals surface area contributed by atoms with Crippen molar-refractivity contribution in [1.82, 2.24) is 0 Å². The van der Waals surface area contributed by atoms with Crippen LogP contribution in [-0.4, -0.2) is 66.5 Å². The minimum atomic E-state index is -4.78. The van der Waals surface area contributed by atoms with E-state index in [-0.39, 0.29) is 25.9 Å². The number of allylic oxidation sites excluding steroid dienone is 18. The molecule has 2 N–H and O–H groups in total. The highest BCUT2D eigenvalue weighted by molar-refractivity contribution is 7.47. The maximum absolute atomic E-state index is 12.9. The van der Waals surface area contributed by atoms with Crippen molar-refractivity contribution in [3.63, 3.8) is 0 Å². The monoisotopic (exact) mass is 1110 g/mol. The minimum absolute atomic E-state index is 0.0960. The summed E-state index contributed by atoms with van der Waals surface area (Å²) in [5, 5.41) is 9.82. The van der Waals surface area contributed by atoms with E-state index in [0.717, 1.165) is 109 Å². The second-order valence-corrected chi connectivity index (χ2v) is 21.6. The van der Waals surface area contributed by atoms with Crippen LogP contribution in [0.1, 0.15) is 252 Å². The molecule has 0 bridgehead atoms. The van der Waals surface area contributed by atoms with Crippen LogP contribution in [0.25, 0.3) is 0 Å². The van der Waals surface area contributed by atoms with Crippen molar-refractivity contribution in [3.8, 4) is 0 Å². The molecule has 446 valence electrons. The largest absolute Gasteiger partial charge is 0.472 e. The Morgan fingerprint density at radius 1 is 0.372 bits per heavy atom. The van der Waals surface area contributed by atoms with Gasteiger partial charge in [-0.15, -0.1) is 0 Å². The topological polar surface area (TPSA) is 155 Å². The Labute approximate surface area is 475 Å². The maximum Gasteiger partial charge on any atom is 0.472 e. The maximum atomic E-state index is 12.9. The van der Waals surface area contributed by atoms with Gasteiger partial charge in [-0.2, -0.15) is 0 Å². The Bertz CT molecular complexity index is 1720. The van der Waals surface area contributed by atoms with Gasteiger partial charge >= 0.3 is 25.7 Å². The number of aliphatic hydroxyl groups is 1. The van der Waals surface area contributed by atoms with Crippen LogP contribution in [0.3, 0.4) is 0 Å². The molecule has 0 aromatic carbocycles. The van der Waals surface area contributed by atoms with Gasteiger partial charge in [0.15, 0.2) is 6.10 Å². The van der Waals surface area contributed by atoms with Crippen LogP contribution in [0.15, 0.2) is 109 Å². The standard InChI is InChI=1S/C66H111O11P/c1-4-7-10-13-16-19-22-25-27-29-31-33-35-38-40-43-46-49-52-55-64(68)73-59-63(77-66(70)57-54-51-48-45-42-39-36-34-32-30-28-26-23-20-17-14-11-8-5-2)61-75-78(71,72)74-60-62(58-67)76-65(69)56-53-50-47-44-41-37-24-21-18-15-12-9-6-3/h7,10,12,15-16,19,21,24-28,31,33,38,40,46,49,62-63,67H,4-6,8-9,11,13-14,17-18,20,22-23,29-30,32,34-37,39,41-45,47-48,50-61H2,1-3H3,(H,71,72)/b10-7-,15-12-,19-16-,24-21-,27-25-,28-26-,33-31-,40-38-,49-46-. The number of rotatable bonds is 56. The van der Waals surface area contributed by atoms with E-state index in [1.165, 1.54) is 83.5 Å². The zero-order chi connectivity index (χ0) is 56.9. The Kier molecular flexibility index (Phi) is 56.3.